The van der Waals surface area contributed by atoms with Gasteiger partial charge in [0.05, 0.1) is 6.54 Å². The highest BCUT2D eigenvalue weighted by Gasteiger charge is 2.22. The van der Waals surface area contributed by atoms with Crippen LogP contribution in [-0.4, -0.2) is 49.1 Å². The summed E-state index contributed by atoms with van der Waals surface area (Å²) in [7, 11) is 0. The highest BCUT2D eigenvalue weighted by molar-refractivity contribution is 5.78. The van der Waals surface area contributed by atoms with Crippen molar-refractivity contribution >= 4 is 11.9 Å². The van der Waals surface area contributed by atoms with Gasteiger partial charge in [0.2, 0.25) is 5.91 Å². The number of amides is 3. The normalized spacial score (nSPS) is 19.4. The van der Waals surface area contributed by atoms with Gasteiger partial charge in [-0.1, -0.05) is 18.2 Å². The van der Waals surface area contributed by atoms with E-state index in [1.807, 2.05) is 23.1 Å². The Labute approximate surface area is 136 Å². The van der Waals surface area contributed by atoms with Crippen LogP contribution in [0.15, 0.2) is 24.3 Å². The van der Waals surface area contributed by atoms with Crippen molar-refractivity contribution in [1.29, 1.82) is 0 Å². The number of rotatable bonds is 6. The molecule has 6 heteroatoms. The maximum atomic E-state index is 11.8. The third-order valence-corrected chi connectivity index (χ3v) is 4.27. The van der Waals surface area contributed by atoms with Crippen LogP contribution < -0.4 is 15.4 Å². The molecule has 3 rings (SSSR count). The van der Waals surface area contributed by atoms with Crippen LogP contribution in [0.5, 0.6) is 5.75 Å². The molecule has 2 aliphatic heterocycles. The van der Waals surface area contributed by atoms with E-state index in [0.29, 0.717) is 19.5 Å². The number of nitrogens with one attached hydrogen (secondary N) is 2. The molecule has 0 bridgehead atoms. The van der Waals surface area contributed by atoms with Crippen molar-refractivity contribution in [2.75, 3.05) is 26.2 Å². The zero-order valence-corrected chi connectivity index (χ0v) is 13.2. The van der Waals surface area contributed by atoms with Gasteiger partial charge in [0.15, 0.2) is 0 Å². The first-order valence-electron chi connectivity index (χ1n) is 8.26. The van der Waals surface area contributed by atoms with Crippen molar-refractivity contribution in [3.8, 4) is 5.75 Å². The first-order valence-corrected chi connectivity index (χ1v) is 8.26. The minimum Gasteiger partial charge on any atom is -0.488 e. The molecular formula is C17H23N3O3. The topological polar surface area (TPSA) is 70.7 Å². The summed E-state index contributed by atoms with van der Waals surface area (Å²) >= 11 is 0. The van der Waals surface area contributed by atoms with E-state index in [-0.39, 0.29) is 18.0 Å². The molecule has 6 nitrogen and oxygen atoms in total. The van der Waals surface area contributed by atoms with Gasteiger partial charge in [-0.3, -0.25) is 4.79 Å². The fourth-order valence-corrected chi connectivity index (χ4v) is 3.05. The summed E-state index contributed by atoms with van der Waals surface area (Å²) < 4.78 is 5.78. The Bertz CT molecular complexity index is 551. The molecule has 1 aromatic carbocycles. The number of para-hydroxylation sites is 1. The van der Waals surface area contributed by atoms with Crippen molar-refractivity contribution < 1.29 is 14.3 Å². The fraction of sp³-hybridized carbons (Fsp3) is 0.529. The molecule has 0 radical (unpaired) electrons. The van der Waals surface area contributed by atoms with Crippen LogP contribution in [0.2, 0.25) is 0 Å². The number of likely N-dealkylation sites (tertiary alicyclic amines) is 1. The second kappa shape index (κ2) is 7.35. The van der Waals surface area contributed by atoms with Crippen LogP contribution in [0.4, 0.5) is 4.79 Å². The molecule has 2 heterocycles. The van der Waals surface area contributed by atoms with Gasteiger partial charge in [0, 0.05) is 32.5 Å². The van der Waals surface area contributed by atoms with Crippen molar-refractivity contribution in [3.05, 3.63) is 29.8 Å². The SMILES string of the molecule is O=C(NCCCN1CCCC1=O)NCC1Cc2ccccc2O1. The highest BCUT2D eigenvalue weighted by Crippen LogP contribution is 2.27. The van der Waals surface area contributed by atoms with E-state index in [4.69, 9.17) is 4.74 Å². The van der Waals surface area contributed by atoms with E-state index in [2.05, 4.69) is 16.7 Å². The summed E-state index contributed by atoms with van der Waals surface area (Å²) in [5, 5.41) is 5.66. The lowest BCUT2D eigenvalue weighted by atomic mass is 10.1. The first kappa shape index (κ1) is 15.6. The second-order valence-electron chi connectivity index (χ2n) is 6.03. The van der Waals surface area contributed by atoms with Crippen LogP contribution >= 0.6 is 0 Å². The zero-order valence-electron chi connectivity index (χ0n) is 13.2. The molecule has 3 amide bonds. The zero-order chi connectivity index (χ0) is 16.1. The molecule has 0 spiro atoms. The summed E-state index contributed by atoms with van der Waals surface area (Å²) in [4.78, 5) is 25.1. The average Bonchev–Trinajstić information content (AvgIpc) is 3.15. The Kier molecular flexibility index (Phi) is 5.00. The third kappa shape index (κ3) is 4.15. The predicted octanol–water partition coefficient (Wildman–Crippen LogP) is 1.30. The number of carbonyl (C=O) groups excluding carboxylic acids is 2. The van der Waals surface area contributed by atoms with E-state index >= 15 is 0 Å². The Hall–Kier alpha value is -2.24. The molecule has 0 aliphatic carbocycles. The number of fused-ring (bicyclic) bond motifs is 1. The van der Waals surface area contributed by atoms with E-state index in [9.17, 15) is 9.59 Å². The molecule has 1 saturated heterocycles. The van der Waals surface area contributed by atoms with Crippen molar-refractivity contribution in [3.63, 3.8) is 0 Å². The average molecular weight is 317 g/mol. The van der Waals surface area contributed by atoms with Gasteiger partial charge in [0.25, 0.3) is 0 Å². The van der Waals surface area contributed by atoms with Crippen LogP contribution in [0.1, 0.15) is 24.8 Å². The minimum absolute atomic E-state index is 0.000344. The predicted molar refractivity (Wildman–Crippen MR) is 86.4 cm³/mol. The Morgan fingerprint density at radius 2 is 2.17 bits per heavy atom. The molecule has 124 valence electrons. The molecule has 1 unspecified atom stereocenters. The van der Waals surface area contributed by atoms with E-state index in [1.54, 1.807) is 0 Å². The third-order valence-electron chi connectivity index (χ3n) is 4.27. The lowest BCUT2D eigenvalue weighted by Crippen LogP contribution is -2.41. The van der Waals surface area contributed by atoms with E-state index in [0.717, 1.165) is 38.1 Å². The van der Waals surface area contributed by atoms with Gasteiger partial charge in [-0.2, -0.15) is 0 Å². The molecule has 0 saturated carbocycles. The van der Waals surface area contributed by atoms with Gasteiger partial charge in [-0.15, -0.1) is 0 Å². The van der Waals surface area contributed by atoms with E-state index in [1.165, 1.54) is 5.56 Å². The summed E-state index contributed by atoms with van der Waals surface area (Å²) in [6.07, 6.45) is 3.23. The smallest absolute Gasteiger partial charge is 0.314 e. The molecule has 1 atom stereocenters. The molecule has 2 N–H and O–H groups in total. The lowest BCUT2D eigenvalue weighted by molar-refractivity contribution is -0.127. The molecule has 1 fully saturated rings. The van der Waals surface area contributed by atoms with Crippen LogP contribution in [0, 0.1) is 0 Å². The summed E-state index contributed by atoms with van der Waals surface area (Å²) in [5.74, 6) is 1.14. The molecule has 23 heavy (non-hydrogen) atoms. The monoisotopic (exact) mass is 317 g/mol. The van der Waals surface area contributed by atoms with Gasteiger partial charge >= 0.3 is 6.03 Å². The highest BCUT2D eigenvalue weighted by atomic mass is 16.5. The van der Waals surface area contributed by atoms with Gasteiger partial charge < -0.3 is 20.3 Å². The molecule has 2 aliphatic rings. The van der Waals surface area contributed by atoms with Crippen LogP contribution in [0.25, 0.3) is 0 Å². The number of urea groups is 1. The number of ether oxygens (including phenoxy) is 1. The Morgan fingerprint density at radius 1 is 1.30 bits per heavy atom. The van der Waals surface area contributed by atoms with E-state index < -0.39 is 0 Å². The number of benzene rings is 1. The minimum atomic E-state index is -0.183. The summed E-state index contributed by atoms with van der Waals surface area (Å²) in [5.41, 5.74) is 1.19. The number of hydrogen-bond acceptors (Lipinski definition) is 3. The number of nitrogens with zero attached hydrogens (tertiary/aromatic N) is 1. The Balaban J connectivity index is 1.28. The van der Waals surface area contributed by atoms with Crippen molar-refractivity contribution in [2.24, 2.45) is 0 Å². The van der Waals surface area contributed by atoms with Crippen molar-refractivity contribution in [1.82, 2.24) is 15.5 Å². The van der Waals surface area contributed by atoms with Gasteiger partial charge in [-0.25, -0.2) is 4.79 Å². The Morgan fingerprint density at radius 3 is 2.96 bits per heavy atom. The van der Waals surface area contributed by atoms with Crippen molar-refractivity contribution in [2.45, 2.75) is 31.8 Å². The second-order valence-corrected chi connectivity index (χ2v) is 6.03. The summed E-state index contributed by atoms with van der Waals surface area (Å²) in [6, 6.07) is 7.77. The standard InChI is InChI=1S/C17H23N3O3/c21-16-7-3-9-20(16)10-4-8-18-17(22)19-12-14-11-13-5-1-2-6-15(13)23-14/h1-2,5-6,14H,3-4,7-12H2,(H2,18,19,22). The first-order chi connectivity index (χ1) is 11.2. The molecular weight excluding hydrogens is 294 g/mol. The maximum absolute atomic E-state index is 11.8. The fourth-order valence-electron chi connectivity index (χ4n) is 3.05. The van der Waals surface area contributed by atoms with Gasteiger partial charge in [-0.05, 0) is 24.5 Å². The molecule has 1 aromatic rings. The largest absolute Gasteiger partial charge is 0.488 e. The number of carbonyl (C=O) groups is 2. The van der Waals surface area contributed by atoms with Gasteiger partial charge in [0.1, 0.15) is 11.9 Å². The quantitative estimate of drug-likeness (QED) is 0.777. The molecule has 0 aromatic heterocycles. The van der Waals surface area contributed by atoms with Crippen LogP contribution in [-0.2, 0) is 11.2 Å². The van der Waals surface area contributed by atoms with Crippen LogP contribution in [0.3, 0.4) is 0 Å². The summed E-state index contributed by atoms with van der Waals surface area (Å²) in [6.45, 7) is 2.64. The lowest BCUT2D eigenvalue weighted by Gasteiger charge is -2.16. The maximum Gasteiger partial charge on any atom is 0.314 e. The number of hydrogen-bond donors (Lipinski definition) is 2.